The van der Waals surface area contributed by atoms with Crippen LogP contribution in [0.3, 0.4) is 0 Å². The molecule has 2 aromatic carbocycles. The average molecular weight is 399 g/mol. The summed E-state index contributed by atoms with van der Waals surface area (Å²) in [6.45, 7) is 6.71. The summed E-state index contributed by atoms with van der Waals surface area (Å²) in [5, 5.41) is 0. The van der Waals surface area contributed by atoms with Crippen LogP contribution in [0.25, 0.3) is 0 Å². The summed E-state index contributed by atoms with van der Waals surface area (Å²) in [7, 11) is 4.66. The number of carbonyl (C=O) groups excluding carboxylic acids is 1. The number of hydrogen-bond donors (Lipinski definition) is 0. The fourth-order valence-electron chi connectivity index (χ4n) is 3.63. The Kier molecular flexibility index (Phi) is 6.99. The number of ether oxygens (including phenoxy) is 3. The zero-order valence-electron chi connectivity index (χ0n) is 17.7. The van der Waals surface area contributed by atoms with Crippen molar-refractivity contribution in [2.24, 2.45) is 0 Å². The van der Waals surface area contributed by atoms with E-state index in [0.717, 1.165) is 32.7 Å². The first-order chi connectivity index (χ1) is 14.0. The lowest BCUT2D eigenvalue weighted by Gasteiger charge is -2.36. The van der Waals surface area contributed by atoms with Crippen LogP contribution >= 0.6 is 0 Å². The first kappa shape index (κ1) is 21.0. The minimum absolute atomic E-state index is 0.0743. The van der Waals surface area contributed by atoms with Gasteiger partial charge >= 0.3 is 0 Å². The molecule has 0 N–H and O–H groups in total. The molecule has 0 bridgehead atoms. The number of methoxy groups -OCH3 is 3. The van der Waals surface area contributed by atoms with Gasteiger partial charge in [0.15, 0.2) is 17.3 Å². The van der Waals surface area contributed by atoms with Gasteiger partial charge in [0, 0.05) is 50.4 Å². The molecule has 0 amide bonds. The molecule has 0 aliphatic carbocycles. The molecule has 6 heteroatoms. The minimum atomic E-state index is 0.0743. The van der Waals surface area contributed by atoms with E-state index in [1.165, 1.54) is 11.3 Å². The van der Waals surface area contributed by atoms with Crippen LogP contribution in [0.2, 0.25) is 0 Å². The van der Waals surface area contributed by atoms with Gasteiger partial charge in [-0.15, -0.1) is 0 Å². The van der Waals surface area contributed by atoms with E-state index in [1.54, 1.807) is 33.5 Å². The number of hydrogen-bond acceptors (Lipinski definition) is 6. The van der Waals surface area contributed by atoms with Gasteiger partial charge < -0.3 is 19.1 Å². The van der Waals surface area contributed by atoms with Crippen molar-refractivity contribution in [1.29, 1.82) is 0 Å². The summed E-state index contributed by atoms with van der Waals surface area (Å²) >= 11 is 0. The number of aryl methyl sites for hydroxylation is 1. The molecule has 156 valence electrons. The number of anilines is 1. The molecule has 2 aromatic rings. The molecule has 0 atom stereocenters. The molecule has 0 spiro atoms. The Balaban J connectivity index is 1.55. The van der Waals surface area contributed by atoms with Crippen LogP contribution in [0.4, 0.5) is 5.69 Å². The predicted molar refractivity (Wildman–Crippen MR) is 115 cm³/mol. The Bertz CT molecular complexity index is 802. The van der Waals surface area contributed by atoms with Crippen LogP contribution in [-0.4, -0.2) is 64.7 Å². The second-order valence-electron chi connectivity index (χ2n) is 7.25. The number of Topliss-reactive ketones (excluding diaryl/α,β-unsaturated/α-hetero) is 1. The zero-order chi connectivity index (χ0) is 20.8. The van der Waals surface area contributed by atoms with Crippen molar-refractivity contribution in [1.82, 2.24) is 4.90 Å². The molecule has 0 radical (unpaired) electrons. The lowest BCUT2D eigenvalue weighted by Crippen LogP contribution is -2.46. The standard InChI is InChI=1S/C23H30N2O4/c1-17-5-7-19(8-6-17)25-13-11-24(12-14-25)10-9-20(26)18-15-21(27-2)23(29-4)22(16-18)28-3/h5-8,15-16H,9-14H2,1-4H3. The largest absolute Gasteiger partial charge is 0.493 e. The number of ketones is 1. The number of rotatable bonds is 8. The van der Waals surface area contributed by atoms with E-state index in [9.17, 15) is 4.79 Å². The van der Waals surface area contributed by atoms with Crippen molar-refractivity contribution in [3.05, 3.63) is 47.5 Å². The lowest BCUT2D eigenvalue weighted by atomic mass is 10.1. The number of piperazine rings is 1. The summed E-state index contributed by atoms with van der Waals surface area (Å²) in [4.78, 5) is 17.5. The minimum Gasteiger partial charge on any atom is -0.493 e. The van der Waals surface area contributed by atoms with Crippen molar-refractivity contribution >= 4 is 11.5 Å². The fraction of sp³-hybridized carbons (Fsp3) is 0.435. The van der Waals surface area contributed by atoms with E-state index < -0.39 is 0 Å². The molecule has 0 aromatic heterocycles. The maximum atomic E-state index is 12.8. The molecular formula is C23H30N2O4. The normalized spacial score (nSPS) is 14.6. The van der Waals surface area contributed by atoms with Gasteiger partial charge in [-0.1, -0.05) is 17.7 Å². The number of nitrogens with zero attached hydrogens (tertiary/aromatic N) is 2. The highest BCUT2D eigenvalue weighted by atomic mass is 16.5. The van der Waals surface area contributed by atoms with Gasteiger partial charge in [0.2, 0.25) is 5.75 Å². The van der Waals surface area contributed by atoms with E-state index in [-0.39, 0.29) is 5.78 Å². The van der Waals surface area contributed by atoms with Gasteiger partial charge in [0.1, 0.15) is 0 Å². The summed E-state index contributed by atoms with van der Waals surface area (Å²) in [5.41, 5.74) is 3.12. The molecule has 1 fully saturated rings. The summed E-state index contributed by atoms with van der Waals surface area (Å²) in [5.74, 6) is 1.58. The van der Waals surface area contributed by atoms with Crippen LogP contribution in [0.1, 0.15) is 22.3 Å². The van der Waals surface area contributed by atoms with Gasteiger partial charge in [-0.05, 0) is 31.2 Å². The maximum Gasteiger partial charge on any atom is 0.203 e. The van der Waals surface area contributed by atoms with Crippen molar-refractivity contribution in [3.63, 3.8) is 0 Å². The Hall–Kier alpha value is -2.73. The molecule has 1 aliphatic heterocycles. The zero-order valence-corrected chi connectivity index (χ0v) is 17.7. The third-order valence-electron chi connectivity index (χ3n) is 5.41. The highest BCUT2D eigenvalue weighted by Crippen LogP contribution is 2.38. The first-order valence-electron chi connectivity index (χ1n) is 9.93. The van der Waals surface area contributed by atoms with Gasteiger partial charge in [-0.2, -0.15) is 0 Å². The van der Waals surface area contributed by atoms with E-state index in [0.29, 0.717) is 29.2 Å². The Morgan fingerprint density at radius 3 is 2.00 bits per heavy atom. The molecule has 1 aliphatic rings. The van der Waals surface area contributed by atoms with Crippen molar-refractivity contribution in [3.8, 4) is 17.2 Å². The van der Waals surface area contributed by atoms with Crippen LogP contribution in [0.15, 0.2) is 36.4 Å². The molecule has 3 rings (SSSR count). The molecule has 0 unspecified atom stereocenters. The topological polar surface area (TPSA) is 51.2 Å². The van der Waals surface area contributed by atoms with Crippen LogP contribution in [-0.2, 0) is 0 Å². The third kappa shape index (κ3) is 5.01. The van der Waals surface area contributed by atoms with E-state index in [4.69, 9.17) is 14.2 Å². The second-order valence-corrected chi connectivity index (χ2v) is 7.25. The fourth-order valence-corrected chi connectivity index (χ4v) is 3.63. The van der Waals surface area contributed by atoms with Gasteiger partial charge in [0.05, 0.1) is 21.3 Å². The van der Waals surface area contributed by atoms with Gasteiger partial charge in [0.25, 0.3) is 0 Å². The highest BCUT2D eigenvalue weighted by Gasteiger charge is 2.20. The van der Waals surface area contributed by atoms with Gasteiger partial charge in [-0.3, -0.25) is 9.69 Å². The van der Waals surface area contributed by atoms with Crippen molar-refractivity contribution < 1.29 is 19.0 Å². The van der Waals surface area contributed by atoms with E-state index >= 15 is 0 Å². The van der Waals surface area contributed by atoms with Crippen LogP contribution < -0.4 is 19.1 Å². The smallest absolute Gasteiger partial charge is 0.203 e. The van der Waals surface area contributed by atoms with Gasteiger partial charge in [-0.25, -0.2) is 0 Å². The van der Waals surface area contributed by atoms with Crippen molar-refractivity contribution in [2.45, 2.75) is 13.3 Å². The second kappa shape index (κ2) is 9.65. The molecule has 1 saturated heterocycles. The van der Waals surface area contributed by atoms with Crippen LogP contribution in [0.5, 0.6) is 17.2 Å². The predicted octanol–water partition coefficient (Wildman–Crippen LogP) is 3.42. The molecule has 1 heterocycles. The summed E-state index contributed by atoms with van der Waals surface area (Å²) in [6, 6.07) is 12.1. The van der Waals surface area contributed by atoms with E-state index in [1.807, 2.05) is 0 Å². The SMILES string of the molecule is COc1cc(C(=O)CCN2CCN(c3ccc(C)cc3)CC2)cc(OC)c1OC. The Morgan fingerprint density at radius 2 is 1.48 bits per heavy atom. The number of carbonyl (C=O) groups is 1. The Morgan fingerprint density at radius 1 is 0.897 bits per heavy atom. The molecule has 6 nitrogen and oxygen atoms in total. The quantitative estimate of drug-likeness (QED) is 0.635. The summed E-state index contributed by atoms with van der Waals surface area (Å²) in [6.07, 6.45) is 0.461. The Labute approximate surface area is 173 Å². The first-order valence-corrected chi connectivity index (χ1v) is 9.93. The highest BCUT2D eigenvalue weighted by molar-refractivity contribution is 5.97. The van der Waals surface area contributed by atoms with E-state index in [2.05, 4.69) is 41.0 Å². The molecule has 0 saturated carbocycles. The number of benzene rings is 2. The third-order valence-corrected chi connectivity index (χ3v) is 5.41. The molecular weight excluding hydrogens is 368 g/mol. The average Bonchev–Trinajstić information content (AvgIpc) is 2.77. The summed E-state index contributed by atoms with van der Waals surface area (Å²) < 4.78 is 16.0. The van der Waals surface area contributed by atoms with Crippen molar-refractivity contribution in [2.75, 3.05) is 59.0 Å². The molecule has 29 heavy (non-hydrogen) atoms. The van der Waals surface area contributed by atoms with Crippen LogP contribution in [0, 0.1) is 6.92 Å². The maximum absolute atomic E-state index is 12.8. The lowest BCUT2D eigenvalue weighted by molar-refractivity contribution is 0.0961. The monoisotopic (exact) mass is 398 g/mol.